The zero-order valence-corrected chi connectivity index (χ0v) is 8.61. The summed E-state index contributed by atoms with van der Waals surface area (Å²) < 4.78 is 33.2. The molecule has 11 heteroatoms. The molecule has 0 aromatic rings. The number of rotatable bonds is 6. The minimum absolute atomic E-state index is 0. The molecule has 82 valence electrons. The third-order valence-electron chi connectivity index (χ3n) is 0.789. The van der Waals surface area contributed by atoms with Gasteiger partial charge in [-0.3, -0.25) is 4.52 Å². The van der Waals surface area contributed by atoms with Crippen LogP contribution in [0.5, 0.6) is 0 Å². The summed E-state index contributed by atoms with van der Waals surface area (Å²) in [7, 11) is -9.26. The van der Waals surface area contributed by atoms with Crippen LogP contribution in [0.1, 0.15) is 13.3 Å². The van der Waals surface area contributed by atoms with Gasteiger partial charge in [-0.25, -0.2) is 19.7 Å². The molecule has 1 unspecified atom stereocenters. The second-order valence-electron chi connectivity index (χ2n) is 1.96. The Labute approximate surface area is 103 Å². The van der Waals surface area contributed by atoms with Gasteiger partial charge in [-0.15, -0.1) is 0 Å². The Morgan fingerprint density at radius 2 is 1.86 bits per heavy atom. The van der Waals surface area contributed by atoms with E-state index in [2.05, 4.69) is 19.4 Å². The molecular weight excluding hydrogens is 247 g/mol. The third kappa shape index (κ3) is 8.52. The molecule has 8 nitrogen and oxygen atoms in total. The molecule has 0 aliphatic carbocycles. The number of hydrogen-bond acceptors (Lipinski definition) is 6. The van der Waals surface area contributed by atoms with Gasteiger partial charge < -0.3 is 9.79 Å². The molecule has 0 radical (unpaired) electrons. The molecule has 0 amide bonds. The fourth-order valence-electron chi connectivity index (χ4n) is 0.407. The van der Waals surface area contributed by atoms with Gasteiger partial charge in [0.05, 0.1) is 6.61 Å². The predicted octanol–water partition coefficient (Wildman–Crippen LogP) is -0.128. The molecule has 0 aliphatic heterocycles. The molecule has 4 N–H and O–H groups in total. The standard InChI is InChI=1S/C3H11NO7P2.Na.H/c1-2-3-9-13(8,10-4)11-12(5,6)7;;/h2-4H2,1H3,(H2,5,6,7);;. The molecule has 0 rings (SSSR count). The van der Waals surface area contributed by atoms with Crippen molar-refractivity contribution in [2.75, 3.05) is 6.61 Å². The van der Waals surface area contributed by atoms with E-state index in [0.717, 1.165) is 0 Å². The van der Waals surface area contributed by atoms with Crippen LogP contribution in [0.15, 0.2) is 0 Å². The SMILES string of the molecule is CCCOP(=O)(ON)OP(=O)(O)O.[NaH]. The van der Waals surface area contributed by atoms with Crippen molar-refractivity contribution in [2.24, 2.45) is 5.90 Å². The Morgan fingerprint density at radius 3 is 2.14 bits per heavy atom. The van der Waals surface area contributed by atoms with Crippen LogP contribution in [0.25, 0.3) is 0 Å². The molecule has 0 saturated carbocycles. The molecule has 0 saturated heterocycles. The fourth-order valence-corrected chi connectivity index (χ4v) is 2.26. The summed E-state index contributed by atoms with van der Waals surface area (Å²) in [4.78, 5) is 16.6. The Hall–Kier alpha value is 1.22. The average Bonchev–Trinajstić information content (AvgIpc) is 1.98. The molecule has 0 aromatic heterocycles. The van der Waals surface area contributed by atoms with Crippen LogP contribution >= 0.6 is 15.6 Å². The first-order valence-corrected chi connectivity index (χ1v) is 6.22. The Morgan fingerprint density at radius 1 is 1.36 bits per heavy atom. The molecule has 0 aliphatic rings. The minimum atomic E-state index is -4.94. The zero-order valence-electron chi connectivity index (χ0n) is 6.82. The van der Waals surface area contributed by atoms with Crippen molar-refractivity contribution in [3.05, 3.63) is 0 Å². The number of nitrogens with two attached hydrogens (primary N) is 1. The molecule has 0 heterocycles. The first-order chi connectivity index (χ1) is 5.83. The fraction of sp³-hybridized carbons (Fsp3) is 1.00. The second-order valence-corrected chi connectivity index (χ2v) is 4.96. The van der Waals surface area contributed by atoms with E-state index in [1.807, 2.05) is 0 Å². The van der Waals surface area contributed by atoms with E-state index in [0.29, 0.717) is 6.42 Å². The van der Waals surface area contributed by atoms with Gasteiger partial charge >= 0.3 is 45.2 Å². The van der Waals surface area contributed by atoms with E-state index in [1.54, 1.807) is 6.92 Å². The summed E-state index contributed by atoms with van der Waals surface area (Å²) in [6.07, 6.45) is 0.470. The quantitative estimate of drug-likeness (QED) is 0.342. The van der Waals surface area contributed by atoms with Crippen molar-refractivity contribution >= 4 is 45.2 Å². The summed E-state index contributed by atoms with van der Waals surface area (Å²) in [5.41, 5.74) is 0. The topological polar surface area (TPSA) is 128 Å². The van der Waals surface area contributed by atoms with Crippen molar-refractivity contribution in [2.45, 2.75) is 13.3 Å². The normalized spacial score (nSPS) is 15.7. The monoisotopic (exact) mass is 259 g/mol. The Kier molecular flexibility index (Phi) is 9.42. The van der Waals surface area contributed by atoms with Gasteiger partial charge in [0.25, 0.3) is 0 Å². The van der Waals surface area contributed by atoms with E-state index in [4.69, 9.17) is 9.79 Å². The van der Waals surface area contributed by atoms with E-state index in [1.165, 1.54) is 0 Å². The van der Waals surface area contributed by atoms with Crippen LogP contribution in [-0.4, -0.2) is 46.0 Å². The first-order valence-electron chi connectivity index (χ1n) is 3.23. The van der Waals surface area contributed by atoms with Gasteiger partial charge in [0, 0.05) is 0 Å². The van der Waals surface area contributed by atoms with Crippen LogP contribution in [0.3, 0.4) is 0 Å². The van der Waals surface area contributed by atoms with Crippen molar-refractivity contribution < 1.29 is 32.4 Å². The predicted molar refractivity (Wildman–Crippen MR) is 49.4 cm³/mol. The number of hydrogen-bond donors (Lipinski definition) is 3. The van der Waals surface area contributed by atoms with E-state index in [-0.39, 0.29) is 36.2 Å². The molecule has 0 spiro atoms. The number of phosphoric acid groups is 2. The maximum absolute atomic E-state index is 11.1. The first kappa shape index (κ1) is 17.6. The van der Waals surface area contributed by atoms with Crippen molar-refractivity contribution in [3.8, 4) is 0 Å². The van der Waals surface area contributed by atoms with Crippen molar-refractivity contribution in [3.63, 3.8) is 0 Å². The van der Waals surface area contributed by atoms with Crippen LogP contribution in [-0.2, 0) is 22.6 Å². The summed E-state index contributed by atoms with van der Waals surface area (Å²) in [5, 5.41) is 0. The van der Waals surface area contributed by atoms with Crippen LogP contribution in [0, 0.1) is 0 Å². The van der Waals surface area contributed by atoms with Gasteiger partial charge in [0.2, 0.25) is 0 Å². The van der Waals surface area contributed by atoms with Gasteiger partial charge in [-0.2, -0.15) is 4.31 Å². The Bertz CT molecular complexity index is 241. The van der Waals surface area contributed by atoms with Gasteiger partial charge in [0.1, 0.15) is 0 Å². The molecule has 14 heavy (non-hydrogen) atoms. The van der Waals surface area contributed by atoms with E-state index >= 15 is 0 Å². The van der Waals surface area contributed by atoms with Crippen LogP contribution < -0.4 is 5.90 Å². The molecular formula is C3H12NNaO7P2. The van der Waals surface area contributed by atoms with Crippen LogP contribution in [0.4, 0.5) is 0 Å². The zero-order chi connectivity index (χ0) is 10.5. The maximum atomic E-state index is 11.1. The summed E-state index contributed by atoms with van der Waals surface area (Å²) in [6.45, 7) is 1.65. The summed E-state index contributed by atoms with van der Waals surface area (Å²) >= 11 is 0. The van der Waals surface area contributed by atoms with Crippen LogP contribution in [0.2, 0.25) is 0 Å². The molecule has 0 bridgehead atoms. The second kappa shape index (κ2) is 7.49. The third-order valence-corrected chi connectivity index (χ3v) is 3.20. The molecule has 1 atom stereocenters. The van der Waals surface area contributed by atoms with Crippen molar-refractivity contribution in [1.82, 2.24) is 0 Å². The van der Waals surface area contributed by atoms with Gasteiger partial charge in [0.15, 0.2) is 0 Å². The average molecular weight is 259 g/mol. The van der Waals surface area contributed by atoms with E-state index < -0.39 is 15.6 Å². The van der Waals surface area contributed by atoms with Gasteiger partial charge in [-0.05, 0) is 6.42 Å². The molecule has 0 fully saturated rings. The van der Waals surface area contributed by atoms with Gasteiger partial charge in [-0.1, -0.05) is 6.92 Å². The van der Waals surface area contributed by atoms with E-state index in [9.17, 15) is 9.13 Å². The summed E-state index contributed by atoms with van der Waals surface area (Å²) in [6, 6.07) is 0. The summed E-state index contributed by atoms with van der Waals surface area (Å²) in [5.74, 6) is 4.50. The Balaban J connectivity index is 0. The molecule has 0 aromatic carbocycles. The van der Waals surface area contributed by atoms with Crippen molar-refractivity contribution in [1.29, 1.82) is 0 Å².